The zero-order valence-electron chi connectivity index (χ0n) is 12.4. The van der Waals surface area contributed by atoms with Gasteiger partial charge in [-0.2, -0.15) is 4.31 Å². The fraction of sp³-hybridized carbons (Fsp3) is 0.917. The van der Waals surface area contributed by atoms with Gasteiger partial charge in [-0.25, -0.2) is 13.2 Å². The van der Waals surface area contributed by atoms with Gasteiger partial charge < -0.3 is 15.4 Å². The maximum Gasteiger partial charge on any atom is 0.410 e. The van der Waals surface area contributed by atoms with Gasteiger partial charge in [0.25, 0.3) is 0 Å². The minimum Gasteiger partial charge on any atom is -0.444 e. The lowest BCUT2D eigenvalue weighted by atomic mass is 9.91. The first-order valence-corrected chi connectivity index (χ1v) is 8.29. The van der Waals surface area contributed by atoms with E-state index in [1.807, 2.05) is 0 Å². The second-order valence-corrected chi connectivity index (χ2v) is 8.65. The molecule has 0 saturated carbocycles. The van der Waals surface area contributed by atoms with E-state index in [0.717, 1.165) is 0 Å². The Morgan fingerprint density at radius 3 is 2.45 bits per heavy atom. The third kappa shape index (κ3) is 2.51. The molecule has 2 rings (SSSR count). The number of likely N-dealkylation sites (N-methyl/N-ethyl adjacent to an activating group) is 1. The van der Waals surface area contributed by atoms with Crippen molar-refractivity contribution >= 4 is 16.1 Å². The van der Waals surface area contributed by atoms with Crippen molar-refractivity contribution in [3.8, 4) is 0 Å². The molecule has 0 aliphatic carbocycles. The molecule has 0 aromatic heterocycles. The molecule has 2 aliphatic rings. The van der Waals surface area contributed by atoms with Crippen molar-refractivity contribution in [1.82, 2.24) is 9.21 Å². The van der Waals surface area contributed by atoms with Gasteiger partial charge in [0.15, 0.2) is 0 Å². The summed E-state index contributed by atoms with van der Waals surface area (Å²) in [6.45, 7) is 6.15. The maximum atomic E-state index is 12.1. The van der Waals surface area contributed by atoms with Gasteiger partial charge in [0.2, 0.25) is 10.0 Å². The number of sulfonamides is 1. The van der Waals surface area contributed by atoms with E-state index in [1.165, 1.54) is 4.31 Å². The summed E-state index contributed by atoms with van der Waals surface area (Å²) in [6.07, 6.45) is 0.127. The standard InChI is InChI=1S/C12H23N3O4S/c1-11(2,3)19-10(16)15-6-5-12(8-15)9(13)7-20(17,18)14(12)4/h9H,5-8,13H2,1-4H3. The van der Waals surface area contributed by atoms with E-state index in [4.69, 9.17) is 10.5 Å². The van der Waals surface area contributed by atoms with E-state index in [-0.39, 0.29) is 5.75 Å². The van der Waals surface area contributed by atoms with E-state index in [9.17, 15) is 13.2 Å². The summed E-state index contributed by atoms with van der Waals surface area (Å²) in [5.41, 5.74) is 4.78. The van der Waals surface area contributed by atoms with Crippen LogP contribution in [0.5, 0.6) is 0 Å². The van der Waals surface area contributed by atoms with Crippen LogP contribution in [0.15, 0.2) is 0 Å². The molecule has 0 aromatic carbocycles. The van der Waals surface area contributed by atoms with Crippen molar-refractivity contribution < 1.29 is 17.9 Å². The van der Waals surface area contributed by atoms with Gasteiger partial charge in [0.05, 0.1) is 11.3 Å². The molecule has 20 heavy (non-hydrogen) atoms. The predicted octanol–water partition coefficient (Wildman–Crippen LogP) is -0.0315. The topological polar surface area (TPSA) is 92.9 Å². The fourth-order valence-electron chi connectivity index (χ4n) is 2.86. The van der Waals surface area contributed by atoms with Gasteiger partial charge in [-0.1, -0.05) is 0 Å². The maximum absolute atomic E-state index is 12.1. The number of rotatable bonds is 0. The van der Waals surface area contributed by atoms with Gasteiger partial charge in [0.1, 0.15) is 5.60 Å². The highest BCUT2D eigenvalue weighted by atomic mass is 32.2. The van der Waals surface area contributed by atoms with Crippen LogP contribution in [-0.4, -0.2) is 66.8 Å². The van der Waals surface area contributed by atoms with Crippen molar-refractivity contribution in [2.45, 2.75) is 44.4 Å². The smallest absolute Gasteiger partial charge is 0.410 e. The van der Waals surface area contributed by atoms with Crippen molar-refractivity contribution in [2.24, 2.45) is 5.73 Å². The molecule has 2 atom stereocenters. The minimum absolute atomic E-state index is 0.0638. The van der Waals surface area contributed by atoms with Crippen molar-refractivity contribution in [3.63, 3.8) is 0 Å². The number of likely N-dealkylation sites (tertiary alicyclic amines) is 1. The highest BCUT2D eigenvalue weighted by molar-refractivity contribution is 7.89. The summed E-state index contributed by atoms with van der Waals surface area (Å²) < 4.78 is 30.6. The van der Waals surface area contributed by atoms with Crippen LogP contribution in [-0.2, 0) is 14.8 Å². The SMILES string of the molecule is CN1C2(CCN(C(=O)OC(C)(C)C)C2)C(N)CS1(=O)=O. The van der Waals surface area contributed by atoms with Gasteiger partial charge >= 0.3 is 6.09 Å². The predicted molar refractivity (Wildman–Crippen MR) is 74.7 cm³/mol. The van der Waals surface area contributed by atoms with E-state index < -0.39 is 33.3 Å². The second kappa shape index (κ2) is 4.57. The molecular weight excluding hydrogens is 282 g/mol. The molecule has 0 aromatic rings. The molecule has 1 amide bonds. The van der Waals surface area contributed by atoms with E-state index in [2.05, 4.69) is 0 Å². The van der Waals surface area contributed by atoms with Crippen molar-refractivity contribution in [3.05, 3.63) is 0 Å². The quantitative estimate of drug-likeness (QED) is 0.678. The van der Waals surface area contributed by atoms with E-state index in [1.54, 1.807) is 32.7 Å². The fourth-order valence-corrected chi connectivity index (χ4v) is 4.69. The number of nitrogens with zero attached hydrogens (tertiary/aromatic N) is 2. The number of nitrogens with two attached hydrogens (primary N) is 1. The van der Waals surface area contributed by atoms with Gasteiger partial charge in [0, 0.05) is 26.2 Å². The first-order chi connectivity index (χ1) is 8.98. The van der Waals surface area contributed by atoms with Crippen LogP contribution in [0, 0.1) is 0 Å². The Morgan fingerprint density at radius 2 is 2.00 bits per heavy atom. The lowest BCUT2D eigenvalue weighted by Gasteiger charge is -2.33. The average molecular weight is 305 g/mol. The van der Waals surface area contributed by atoms with Gasteiger partial charge in [-0.3, -0.25) is 0 Å². The molecule has 0 radical (unpaired) electrons. The third-order valence-electron chi connectivity index (χ3n) is 4.06. The average Bonchev–Trinajstić information content (AvgIpc) is 2.76. The third-order valence-corrected chi connectivity index (χ3v) is 6.03. The molecule has 7 nitrogen and oxygen atoms in total. The minimum atomic E-state index is -3.32. The Morgan fingerprint density at radius 1 is 1.40 bits per heavy atom. The molecular formula is C12H23N3O4S. The van der Waals surface area contributed by atoms with Crippen LogP contribution in [0.25, 0.3) is 0 Å². The number of carbonyl (C=O) groups excluding carboxylic acids is 1. The van der Waals surface area contributed by atoms with Crippen LogP contribution in [0.1, 0.15) is 27.2 Å². The number of hydrogen-bond donors (Lipinski definition) is 1. The van der Waals surface area contributed by atoms with E-state index in [0.29, 0.717) is 19.5 Å². The summed E-state index contributed by atoms with van der Waals surface area (Å²) in [5, 5.41) is 0. The van der Waals surface area contributed by atoms with Crippen molar-refractivity contribution in [1.29, 1.82) is 0 Å². The number of hydrogen-bond acceptors (Lipinski definition) is 5. The molecule has 2 heterocycles. The Bertz CT molecular complexity index is 513. The molecule has 0 bridgehead atoms. The summed E-state index contributed by atoms with van der Waals surface area (Å²) in [5.74, 6) is -0.0638. The Balaban J connectivity index is 2.15. The highest BCUT2D eigenvalue weighted by Crippen LogP contribution is 2.37. The van der Waals surface area contributed by atoms with Crippen molar-refractivity contribution in [2.75, 3.05) is 25.9 Å². The molecule has 2 unspecified atom stereocenters. The van der Waals surface area contributed by atoms with Crippen LogP contribution in [0.4, 0.5) is 4.79 Å². The van der Waals surface area contributed by atoms with Gasteiger partial charge in [-0.15, -0.1) is 0 Å². The zero-order valence-corrected chi connectivity index (χ0v) is 13.2. The van der Waals surface area contributed by atoms with E-state index >= 15 is 0 Å². The number of amides is 1. The largest absolute Gasteiger partial charge is 0.444 e. The molecule has 2 aliphatic heterocycles. The highest BCUT2D eigenvalue weighted by Gasteiger charge is 2.57. The first-order valence-electron chi connectivity index (χ1n) is 6.68. The first kappa shape index (κ1) is 15.5. The monoisotopic (exact) mass is 305 g/mol. The Hall–Kier alpha value is -0.860. The molecule has 116 valence electrons. The normalized spacial score (nSPS) is 33.9. The molecule has 8 heteroatoms. The van der Waals surface area contributed by atoms with Crippen LogP contribution >= 0.6 is 0 Å². The van der Waals surface area contributed by atoms with Gasteiger partial charge in [-0.05, 0) is 27.2 Å². The second-order valence-electron chi connectivity index (χ2n) is 6.61. The molecule has 2 saturated heterocycles. The lowest BCUT2D eigenvalue weighted by Crippen LogP contribution is -2.55. The van der Waals surface area contributed by atoms with Crippen LogP contribution in [0.3, 0.4) is 0 Å². The zero-order chi connectivity index (χ0) is 15.3. The summed E-state index contributed by atoms with van der Waals surface area (Å²) in [4.78, 5) is 13.6. The summed E-state index contributed by atoms with van der Waals surface area (Å²) in [6, 6.07) is -0.482. The van der Waals surface area contributed by atoms with Crippen LogP contribution in [0.2, 0.25) is 0 Å². The molecule has 1 spiro atoms. The van der Waals surface area contributed by atoms with Crippen LogP contribution < -0.4 is 5.73 Å². The summed E-state index contributed by atoms with van der Waals surface area (Å²) >= 11 is 0. The number of ether oxygens (including phenoxy) is 1. The Labute approximate surface area is 120 Å². The lowest BCUT2D eigenvalue weighted by molar-refractivity contribution is 0.0270. The number of carbonyl (C=O) groups is 1. The summed E-state index contributed by atoms with van der Waals surface area (Å²) in [7, 11) is -1.78. The Kier molecular flexibility index (Phi) is 3.55. The molecule has 2 N–H and O–H groups in total. The molecule has 2 fully saturated rings.